The number of hydrogen-bond acceptors (Lipinski definition) is 2. The van der Waals surface area contributed by atoms with Gasteiger partial charge >= 0.3 is 0 Å². The van der Waals surface area contributed by atoms with Crippen LogP contribution in [-0.2, 0) is 0 Å². The van der Waals surface area contributed by atoms with Gasteiger partial charge in [0, 0.05) is 18.6 Å². The Morgan fingerprint density at radius 1 is 1.31 bits per heavy atom. The van der Waals surface area contributed by atoms with Crippen LogP contribution in [0.1, 0.15) is 53.4 Å². The molecule has 2 nitrogen and oxygen atoms in total. The molecule has 1 rings (SSSR count). The summed E-state index contributed by atoms with van der Waals surface area (Å²) >= 11 is 0. The molecule has 0 amide bonds. The van der Waals surface area contributed by atoms with Crippen molar-refractivity contribution in [3.8, 4) is 0 Å². The fourth-order valence-corrected chi connectivity index (χ4v) is 2.98. The van der Waals surface area contributed by atoms with Crippen LogP contribution in [0.4, 0.5) is 0 Å². The van der Waals surface area contributed by atoms with Crippen LogP contribution in [0, 0.1) is 5.92 Å². The van der Waals surface area contributed by atoms with E-state index in [1.807, 2.05) is 0 Å². The lowest BCUT2D eigenvalue weighted by Gasteiger charge is -2.22. The number of likely N-dealkylation sites (tertiary alicyclic amines) is 1. The zero-order valence-electron chi connectivity index (χ0n) is 11.6. The SMILES string of the molecule is CCNC(CC)CCCN1CC(C)CC1C. The lowest BCUT2D eigenvalue weighted by Crippen LogP contribution is -2.32. The maximum absolute atomic E-state index is 3.56. The molecule has 96 valence electrons. The van der Waals surface area contributed by atoms with E-state index in [1.165, 1.54) is 38.8 Å². The molecule has 0 spiro atoms. The quantitative estimate of drug-likeness (QED) is 0.718. The molecule has 1 heterocycles. The molecule has 1 saturated heterocycles. The van der Waals surface area contributed by atoms with Crippen molar-refractivity contribution in [2.24, 2.45) is 5.92 Å². The minimum absolute atomic E-state index is 0.736. The first kappa shape index (κ1) is 14.0. The van der Waals surface area contributed by atoms with E-state index in [1.54, 1.807) is 0 Å². The van der Waals surface area contributed by atoms with Crippen LogP contribution in [0.3, 0.4) is 0 Å². The van der Waals surface area contributed by atoms with E-state index in [4.69, 9.17) is 0 Å². The number of nitrogens with zero attached hydrogens (tertiary/aromatic N) is 1. The Bertz CT molecular complexity index is 182. The predicted molar refractivity (Wildman–Crippen MR) is 71.8 cm³/mol. The molecule has 2 heteroatoms. The molecule has 0 saturated carbocycles. The highest BCUT2D eigenvalue weighted by Crippen LogP contribution is 2.22. The highest BCUT2D eigenvalue weighted by molar-refractivity contribution is 4.80. The van der Waals surface area contributed by atoms with E-state index in [-0.39, 0.29) is 0 Å². The largest absolute Gasteiger partial charge is 0.314 e. The molecule has 0 bridgehead atoms. The van der Waals surface area contributed by atoms with Crippen LogP contribution < -0.4 is 5.32 Å². The predicted octanol–water partition coefficient (Wildman–Crippen LogP) is 2.89. The molecule has 0 aromatic rings. The van der Waals surface area contributed by atoms with Crippen molar-refractivity contribution in [2.75, 3.05) is 19.6 Å². The molecule has 1 aliphatic rings. The topological polar surface area (TPSA) is 15.3 Å². The van der Waals surface area contributed by atoms with E-state index < -0.39 is 0 Å². The van der Waals surface area contributed by atoms with Crippen LogP contribution in [0.2, 0.25) is 0 Å². The van der Waals surface area contributed by atoms with Gasteiger partial charge in [-0.05, 0) is 51.6 Å². The number of rotatable bonds is 7. The normalized spacial score (nSPS) is 28.5. The molecule has 0 radical (unpaired) electrons. The van der Waals surface area contributed by atoms with Crippen LogP contribution in [0.15, 0.2) is 0 Å². The average Bonchev–Trinajstić information content (AvgIpc) is 2.56. The van der Waals surface area contributed by atoms with Crippen LogP contribution in [0.25, 0.3) is 0 Å². The van der Waals surface area contributed by atoms with Crippen LogP contribution in [-0.4, -0.2) is 36.6 Å². The van der Waals surface area contributed by atoms with Gasteiger partial charge in [-0.1, -0.05) is 20.8 Å². The summed E-state index contributed by atoms with van der Waals surface area (Å²) in [6, 6.07) is 1.55. The van der Waals surface area contributed by atoms with E-state index in [0.717, 1.165) is 24.5 Å². The zero-order valence-corrected chi connectivity index (χ0v) is 11.6. The van der Waals surface area contributed by atoms with Crippen LogP contribution >= 0.6 is 0 Å². The lowest BCUT2D eigenvalue weighted by atomic mass is 10.1. The second-order valence-electron chi connectivity index (χ2n) is 5.49. The Hall–Kier alpha value is -0.0800. The Labute approximate surface area is 102 Å². The van der Waals surface area contributed by atoms with Crippen LogP contribution in [0.5, 0.6) is 0 Å². The third kappa shape index (κ3) is 4.42. The Kier molecular flexibility index (Phi) is 6.37. The number of nitrogens with one attached hydrogen (secondary N) is 1. The van der Waals surface area contributed by atoms with Crippen molar-refractivity contribution in [3.05, 3.63) is 0 Å². The summed E-state index contributed by atoms with van der Waals surface area (Å²) in [5, 5.41) is 3.56. The summed E-state index contributed by atoms with van der Waals surface area (Å²) in [4.78, 5) is 2.67. The Morgan fingerprint density at radius 2 is 2.06 bits per heavy atom. The lowest BCUT2D eigenvalue weighted by molar-refractivity contribution is 0.254. The van der Waals surface area contributed by atoms with Crippen molar-refractivity contribution in [1.82, 2.24) is 10.2 Å². The van der Waals surface area contributed by atoms with Crippen molar-refractivity contribution in [2.45, 2.75) is 65.5 Å². The average molecular weight is 226 g/mol. The van der Waals surface area contributed by atoms with Crippen molar-refractivity contribution in [3.63, 3.8) is 0 Å². The molecule has 1 aliphatic heterocycles. The van der Waals surface area contributed by atoms with Gasteiger partial charge in [-0.2, -0.15) is 0 Å². The van der Waals surface area contributed by atoms with E-state index >= 15 is 0 Å². The maximum Gasteiger partial charge on any atom is 0.00700 e. The van der Waals surface area contributed by atoms with Gasteiger partial charge in [0.15, 0.2) is 0 Å². The zero-order chi connectivity index (χ0) is 12.0. The van der Waals surface area contributed by atoms with E-state index in [2.05, 4.69) is 37.9 Å². The van der Waals surface area contributed by atoms with Crippen molar-refractivity contribution >= 4 is 0 Å². The summed E-state index contributed by atoms with van der Waals surface area (Å²) in [6.45, 7) is 13.0. The van der Waals surface area contributed by atoms with Gasteiger partial charge in [0.05, 0.1) is 0 Å². The molecular weight excluding hydrogens is 196 g/mol. The van der Waals surface area contributed by atoms with Crippen molar-refractivity contribution < 1.29 is 0 Å². The molecule has 0 aromatic carbocycles. The minimum Gasteiger partial charge on any atom is -0.314 e. The molecular formula is C14H30N2. The summed E-state index contributed by atoms with van der Waals surface area (Å²) in [5.41, 5.74) is 0. The van der Waals surface area contributed by atoms with Gasteiger partial charge < -0.3 is 10.2 Å². The van der Waals surface area contributed by atoms with Gasteiger partial charge in [-0.25, -0.2) is 0 Å². The Balaban J connectivity index is 2.14. The minimum atomic E-state index is 0.736. The van der Waals surface area contributed by atoms with Gasteiger partial charge in [0.25, 0.3) is 0 Å². The summed E-state index contributed by atoms with van der Waals surface area (Å²) in [7, 11) is 0. The van der Waals surface area contributed by atoms with Gasteiger partial charge in [0.1, 0.15) is 0 Å². The molecule has 1 N–H and O–H groups in total. The van der Waals surface area contributed by atoms with Gasteiger partial charge in [-0.15, -0.1) is 0 Å². The standard InChI is InChI=1S/C14H30N2/c1-5-14(15-6-2)8-7-9-16-11-12(3)10-13(16)4/h12-15H,5-11H2,1-4H3. The molecule has 3 atom stereocenters. The first-order valence-corrected chi connectivity index (χ1v) is 7.14. The van der Waals surface area contributed by atoms with Crippen molar-refractivity contribution in [1.29, 1.82) is 0 Å². The first-order chi connectivity index (χ1) is 7.67. The highest BCUT2D eigenvalue weighted by Gasteiger charge is 2.25. The fraction of sp³-hybridized carbons (Fsp3) is 1.00. The molecule has 3 unspecified atom stereocenters. The third-order valence-corrected chi connectivity index (χ3v) is 3.90. The summed E-state index contributed by atoms with van der Waals surface area (Å²) in [6.07, 6.45) is 5.34. The number of hydrogen-bond donors (Lipinski definition) is 1. The second kappa shape index (κ2) is 7.29. The molecule has 0 aromatic heterocycles. The van der Waals surface area contributed by atoms with Gasteiger partial charge in [0.2, 0.25) is 0 Å². The molecule has 1 fully saturated rings. The van der Waals surface area contributed by atoms with Gasteiger partial charge in [-0.3, -0.25) is 0 Å². The first-order valence-electron chi connectivity index (χ1n) is 7.14. The summed E-state index contributed by atoms with van der Waals surface area (Å²) in [5.74, 6) is 0.908. The monoisotopic (exact) mass is 226 g/mol. The van der Waals surface area contributed by atoms with E-state index in [0.29, 0.717) is 0 Å². The summed E-state index contributed by atoms with van der Waals surface area (Å²) < 4.78 is 0. The second-order valence-corrected chi connectivity index (χ2v) is 5.49. The Morgan fingerprint density at radius 3 is 2.56 bits per heavy atom. The maximum atomic E-state index is 3.56. The smallest absolute Gasteiger partial charge is 0.00700 e. The fourth-order valence-electron chi connectivity index (χ4n) is 2.98. The molecule has 16 heavy (non-hydrogen) atoms. The van der Waals surface area contributed by atoms with E-state index in [9.17, 15) is 0 Å². The third-order valence-electron chi connectivity index (χ3n) is 3.90. The highest BCUT2D eigenvalue weighted by atomic mass is 15.2. The molecule has 0 aliphatic carbocycles.